The molecule has 1 unspecified atom stereocenters. The Hall–Kier alpha value is -1.96. The van der Waals surface area contributed by atoms with Gasteiger partial charge >= 0.3 is 15.2 Å². The third kappa shape index (κ3) is 6.37. The number of halogens is 2. The molecule has 3 aromatic rings. The first kappa shape index (κ1) is 28.1. The molecule has 2 aromatic heterocycles. The molecule has 0 aliphatic carbocycles. The van der Waals surface area contributed by atoms with E-state index in [1.54, 1.807) is 25.1 Å². The lowest BCUT2D eigenvalue weighted by molar-refractivity contribution is -0.0541. The highest BCUT2D eigenvalue weighted by Gasteiger charge is 2.46. The number of hydrogen-bond acceptors (Lipinski definition) is 9. The molecule has 0 bridgehead atoms. The van der Waals surface area contributed by atoms with Crippen LogP contribution >= 0.6 is 26.8 Å². The monoisotopic (exact) mass is 580 g/mol. The smallest absolute Gasteiger partial charge is 0.340 e. The van der Waals surface area contributed by atoms with Crippen LogP contribution in [0.4, 0.5) is 10.1 Å². The van der Waals surface area contributed by atoms with Crippen molar-refractivity contribution in [1.29, 1.82) is 0 Å². The van der Waals surface area contributed by atoms with Gasteiger partial charge < -0.3 is 39.5 Å². The normalized spacial score (nSPS) is 24.8. The van der Waals surface area contributed by atoms with Crippen molar-refractivity contribution in [2.75, 3.05) is 17.8 Å². The summed E-state index contributed by atoms with van der Waals surface area (Å²) < 4.78 is 48.6. The Morgan fingerprint density at radius 3 is 2.62 bits per heavy atom. The van der Waals surface area contributed by atoms with Crippen molar-refractivity contribution in [2.24, 2.45) is 0 Å². The number of benzene rings is 1. The summed E-state index contributed by atoms with van der Waals surface area (Å²) in [5.74, 6) is -1.81. The van der Waals surface area contributed by atoms with Crippen LogP contribution < -0.4 is 5.32 Å². The van der Waals surface area contributed by atoms with Gasteiger partial charge in [-0.3, -0.25) is 9.13 Å². The molecule has 1 aliphatic heterocycles. The molecule has 17 heteroatoms. The summed E-state index contributed by atoms with van der Waals surface area (Å²) in [5, 5.41) is 28.8. The van der Waals surface area contributed by atoms with Gasteiger partial charge in [0.1, 0.15) is 29.3 Å². The third-order valence-corrected chi connectivity index (χ3v) is 9.31. The Morgan fingerprint density at radius 1 is 1.24 bits per heavy atom. The summed E-state index contributed by atoms with van der Waals surface area (Å²) in [5.41, 5.74) is 1.03. The summed E-state index contributed by atoms with van der Waals surface area (Å²) in [6.45, 7) is 1.00. The van der Waals surface area contributed by atoms with Crippen molar-refractivity contribution < 1.29 is 47.7 Å². The first-order valence-corrected chi connectivity index (χ1v) is 14.8. The largest absolute Gasteiger partial charge is 0.387 e. The molecule has 0 spiro atoms. The first-order valence-electron chi connectivity index (χ1n) is 10.8. The molecule has 0 amide bonds. The van der Waals surface area contributed by atoms with Crippen molar-refractivity contribution in [3.63, 3.8) is 0 Å². The first-order chi connectivity index (χ1) is 17.3. The van der Waals surface area contributed by atoms with Crippen LogP contribution in [0.5, 0.6) is 0 Å². The van der Waals surface area contributed by atoms with E-state index in [9.17, 15) is 28.6 Å². The number of nitrogens with zero attached hydrogens (tertiary/aromatic N) is 3. The third-order valence-electron chi connectivity index (χ3n) is 5.66. The molecule has 37 heavy (non-hydrogen) atoms. The van der Waals surface area contributed by atoms with Gasteiger partial charge in [0.2, 0.25) is 0 Å². The minimum Gasteiger partial charge on any atom is -0.387 e. The van der Waals surface area contributed by atoms with Crippen molar-refractivity contribution in [3.8, 4) is 0 Å². The molecule has 0 saturated carbocycles. The summed E-state index contributed by atoms with van der Waals surface area (Å²) in [6.07, 6.45) is -4.43. The molecule has 1 aromatic carbocycles. The van der Waals surface area contributed by atoms with E-state index in [1.165, 1.54) is 18.3 Å². The van der Waals surface area contributed by atoms with Crippen LogP contribution in [0.25, 0.3) is 11.0 Å². The van der Waals surface area contributed by atoms with E-state index in [2.05, 4.69) is 15.4 Å². The van der Waals surface area contributed by atoms with E-state index >= 15 is 0 Å². The van der Waals surface area contributed by atoms with Crippen molar-refractivity contribution in [2.45, 2.75) is 37.5 Å². The van der Waals surface area contributed by atoms with Gasteiger partial charge in [0.05, 0.1) is 29.9 Å². The van der Waals surface area contributed by atoms with E-state index in [0.717, 1.165) is 4.68 Å². The lowest BCUT2D eigenvalue weighted by atomic mass is 10.1. The van der Waals surface area contributed by atoms with E-state index < -0.39 is 64.1 Å². The van der Waals surface area contributed by atoms with Gasteiger partial charge in [0.25, 0.3) is 0 Å². The second-order valence-corrected chi connectivity index (χ2v) is 12.9. The standard InChI is InChI=1S/C20H24ClFN4O9P2/c1-10(11-4-2-3-5-13(11)22)24-14-6-16(21)25-19-12(14)7-23-26(19)20-18(28)17(27)15(35-20)8-34-37(32,33)9-36(29,30)31/h2-7,10,15,17-18,20,27-28H,8-9H2,1H3,(H,24,25)(H,32,33)(H2,29,30,31)/t10-,15-,17-,18-,20-/m0/s1. The van der Waals surface area contributed by atoms with Gasteiger partial charge in [0.15, 0.2) is 17.8 Å². The van der Waals surface area contributed by atoms with E-state index in [4.69, 9.17) is 30.6 Å². The van der Waals surface area contributed by atoms with Gasteiger partial charge in [-0.15, -0.1) is 0 Å². The molecule has 1 aliphatic rings. The summed E-state index contributed by atoms with van der Waals surface area (Å²) in [6, 6.07) is 7.31. The lowest BCUT2D eigenvalue weighted by Crippen LogP contribution is -2.33. The number of aliphatic hydroxyl groups is 2. The summed E-state index contributed by atoms with van der Waals surface area (Å²) in [4.78, 5) is 31.7. The van der Waals surface area contributed by atoms with Crippen LogP contribution in [0.15, 0.2) is 36.5 Å². The summed E-state index contributed by atoms with van der Waals surface area (Å²) >= 11 is 6.20. The van der Waals surface area contributed by atoms with E-state index in [1.807, 2.05) is 0 Å². The molecule has 13 nitrogen and oxygen atoms in total. The predicted molar refractivity (Wildman–Crippen MR) is 130 cm³/mol. The van der Waals surface area contributed by atoms with Gasteiger partial charge in [-0.05, 0) is 19.1 Å². The Kier molecular flexibility index (Phi) is 8.08. The van der Waals surface area contributed by atoms with Gasteiger partial charge in [-0.1, -0.05) is 29.8 Å². The molecule has 3 heterocycles. The molecular formula is C20H24ClFN4O9P2. The lowest BCUT2D eigenvalue weighted by Gasteiger charge is -2.19. The van der Waals surface area contributed by atoms with E-state index in [0.29, 0.717) is 16.6 Å². The second kappa shape index (κ2) is 10.7. The van der Waals surface area contributed by atoms with Crippen LogP contribution in [0.1, 0.15) is 24.8 Å². The maximum absolute atomic E-state index is 14.2. The maximum atomic E-state index is 14.2. The fourth-order valence-electron chi connectivity index (χ4n) is 3.96. The minimum atomic E-state index is -4.85. The molecule has 1 saturated heterocycles. The Morgan fingerprint density at radius 2 is 1.95 bits per heavy atom. The quantitative estimate of drug-likeness (QED) is 0.160. The average molecular weight is 581 g/mol. The van der Waals surface area contributed by atoms with E-state index in [-0.39, 0.29) is 10.8 Å². The molecule has 6 atom stereocenters. The number of hydrogen-bond donors (Lipinski definition) is 6. The Labute approximate surface area is 214 Å². The highest BCUT2D eigenvalue weighted by Crippen LogP contribution is 2.55. The van der Waals surface area contributed by atoms with Gasteiger partial charge in [-0.25, -0.2) is 14.1 Å². The second-order valence-electron chi connectivity index (χ2n) is 8.49. The van der Waals surface area contributed by atoms with Crippen molar-refractivity contribution in [1.82, 2.24) is 14.8 Å². The number of aromatic nitrogens is 3. The number of pyridine rings is 1. The van der Waals surface area contributed by atoms with Crippen LogP contribution in [0.2, 0.25) is 5.15 Å². The fourth-order valence-corrected chi connectivity index (χ4v) is 6.72. The predicted octanol–water partition coefficient (Wildman–Crippen LogP) is 2.35. The number of aliphatic hydroxyl groups excluding tert-OH is 2. The number of ether oxygens (including phenoxy) is 1. The molecule has 4 rings (SSSR count). The SMILES string of the molecule is C[C@H](Nc1cc(Cl)nc2c1cnn2[C@H]1O[C@@H](COP(=O)(O)CP(=O)(O)O)[C@H](O)[C@@H]1O)c1ccccc1F. The van der Waals surface area contributed by atoms with Gasteiger partial charge in [0, 0.05) is 5.56 Å². The summed E-state index contributed by atoms with van der Waals surface area (Å²) in [7, 11) is -9.56. The van der Waals surface area contributed by atoms with Crippen LogP contribution in [-0.2, 0) is 18.4 Å². The van der Waals surface area contributed by atoms with Crippen LogP contribution in [0.3, 0.4) is 0 Å². The zero-order chi connectivity index (χ0) is 27.1. The van der Waals surface area contributed by atoms with Crippen molar-refractivity contribution in [3.05, 3.63) is 53.1 Å². The topological polar surface area (TPSA) is 196 Å². The molecule has 0 radical (unpaired) electrons. The van der Waals surface area contributed by atoms with Crippen LogP contribution in [0, 0.1) is 5.82 Å². The molecule has 202 valence electrons. The zero-order valence-electron chi connectivity index (χ0n) is 19.1. The molecule has 6 N–H and O–H groups in total. The highest BCUT2D eigenvalue weighted by atomic mass is 35.5. The maximum Gasteiger partial charge on any atom is 0.340 e. The average Bonchev–Trinajstić information content (AvgIpc) is 3.32. The Balaban J connectivity index is 1.56. The fraction of sp³-hybridized carbons (Fsp3) is 0.400. The zero-order valence-corrected chi connectivity index (χ0v) is 21.7. The number of anilines is 1. The molecular weight excluding hydrogens is 557 g/mol. The minimum absolute atomic E-state index is 0.0454. The number of rotatable bonds is 9. The molecule has 1 fully saturated rings. The number of fused-ring (bicyclic) bond motifs is 1. The Bertz CT molecular complexity index is 1390. The van der Waals surface area contributed by atoms with Gasteiger partial charge in [-0.2, -0.15) is 5.10 Å². The van der Waals surface area contributed by atoms with Crippen molar-refractivity contribution >= 4 is 43.5 Å². The number of nitrogens with one attached hydrogen (secondary N) is 1. The highest BCUT2D eigenvalue weighted by molar-refractivity contribution is 7.70. The van der Waals surface area contributed by atoms with Crippen LogP contribution in [-0.4, -0.2) is 70.5 Å².